The van der Waals surface area contributed by atoms with Gasteiger partial charge in [-0.15, -0.1) is 11.3 Å². The average molecular weight is 273 g/mol. The molecule has 3 nitrogen and oxygen atoms in total. The van der Waals surface area contributed by atoms with Gasteiger partial charge >= 0.3 is 0 Å². The molecule has 2 N–H and O–H groups in total. The van der Waals surface area contributed by atoms with E-state index in [2.05, 4.69) is 17.6 Å². The quantitative estimate of drug-likeness (QED) is 0.888. The zero-order chi connectivity index (χ0) is 12.3. The van der Waals surface area contributed by atoms with E-state index in [1.165, 1.54) is 11.3 Å². The van der Waals surface area contributed by atoms with Crippen LogP contribution in [0.1, 0.15) is 29.4 Å². The second-order valence-electron chi connectivity index (χ2n) is 4.45. The van der Waals surface area contributed by atoms with Crippen LogP contribution in [0.25, 0.3) is 0 Å². The van der Waals surface area contributed by atoms with E-state index in [9.17, 15) is 4.79 Å². The molecule has 1 aromatic heterocycles. The van der Waals surface area contributed by atoms with Crippen LogP contribution in [0.15, 0.2) is 12.1 Å². The summed E-state index contributed by atoms with van der Waals surface area (Å²) in [7, 11) is 0. The molecule has 0 radical (unpaired) electrons. The molecule has 1 aliphatic rings. The maximum atomic E-state index is 11.9. The first-order valence-corrected chi connectivity index (χ1v) is 7.13. The Balaban J connectivity index is 1.89. The summed E-state index contributed by atoms with van der Waals surface area (Å²) in [5.41, 5.74) is 0. The third kappa shape index (κ3) is 3.44. The Kier molecular flexibility index (Phi) is 4.42. The molecule has 17 heavy (non-hydrogen) atoms. The van der Waals surface area contributed by atoms with Gasteiger partial charge in [-0.05, 0) is 50.9 Å². The van der Waals surface area contributed by atoms with Gasteiger partial charge in [0.15, 0.2) is 0 Å². The van der Waals surface area contributed by atoms with Gasteiger partial charge in [0.2, 0.25) is 0 Å². The molecule has 0 spiro atoms. The molecule has 1 aromatic rings. The second-order valence-corrected chi connectivity index (χ2v) is 6.17. The fraction of sp³-hybridized carbons (Fsp3) is 0.583. The van der Waals surface area contributed by atoms with Gasteiger partial charge in [0.05, 0.1) is 9.21 Å². The highest BCUT2D eigenvalue weighted by molar-refractivity contribution is 7.17. The Bertz CT molecular complexity index is 388. The van der Waals surface area contributed by atoms with E-state index < -0.39 is 0 Å². The van der Waals surface area contributed by atoms with Gasteiger partial charge < -0.3 is 10.6 Å². The van der Waals surface area contributed by atoms with Crippen LogP contribution in [0.3, 0.4) is 0 Å². The third-order valence-electron chi connectivity index (χ3n) is 3.25. The van der Waals surface area contributed by atoms with Gasteiger partial charge in [-0.1, -0.05) is 11.6 Å². The molecule has 1 unspecified atom stereocenters. The standard InChI is InChI=1S/C12H17ClN2OS/c1-8(9-4-6-14-7-5-9)15-12(16)10-2-3-11(13)17-10/h2-3,8-9,14H,4-7H2,1H3,(H,15,16). The zero-order valence-electron chi connectivity index (χ0n) is 9.83. The summed E-state index contributed by atoms with van der Waals surface area (Å²) < 4.78 is 0.657. The minimum Gasteiger partial charge on any atom is -0.349 e. The van der Waals surface area contributed by atoms with Crippen molar-refractivity contribution in [1.29, 1.82) is 0 Å². The van der Waals surface area contributed by atoms with E-state index >= 15 is 0 Å². The molecule has 1 fully saturated rings. The number of hydrogen-bond acceptors (Lipinski definition) is 3. The zero-order valence-corrected chi connectivity index (χ0v) is 11.4. The van der Waals surface area contributed by atoms with E-state index in [4.69, 9.17) is 11.6 Å². The number of rotatable bonds is 3. The summed E-state index contributed by atoms with van der Waals surface area (Å²) in [5.74, 6) is 0.573. The van der Waals surface area contributed by atoms with Crippen molar-refractivity contribution in [3.05, 3.63) is 21.3 Å². The number of thiophene rings is 1. The summed E-state index contributed by atoms with van der Waals surface area (Å²) in [6, 6.07) is 3.76. The minimum absolute atomic E-state index is 0.00654. The van der Waals surface area contributed by atoms with Gasteiger partial charge in [0, 0.05) is 6.04 Å². The van der Waals surface area contributed by atoms with E-state index in [-0.39, 0.29) is 11.9 Å². The molecule has 0 saturated carbocycles. The lowest BCUT2D eigenvalue weighted by Gasteiger charge is -2.28. The predicted octanol–water partition coefficient (Wildman–Crippen LogP) is 2.52. The molecular weight excluding hydrogens is 256 g/mol. The van der Waals surface area contributed by atoms with E-state index in [0.29, 0.717) is 15.1 Å². The van der Waals surface area contributed by atoms with Crippen LogP contribution in [0.5, 0.6) is 0 Å². The largest absolute Gasteiger partial charge is 0.349 e. The number of piperidine rings is 1. The van der Waals surface area contributed by atoms with Crippen LogP contribution >= 0.6 is 22.9 Å². The van der Waals surface area contributed by atoms with Gasteiger partial charge in [-0.2, -0.15) is 0 Å². The van der Waals surface area contributed by atoms with Gasteiger partial charge in [-0.25, -0.2) is 0 Å². The Morgan fingerprint density at radius 3 is 2.82 bits per heavy atom. The minimum atomic E-state index is -0.00654. The summed E-state index contributed by atoms with van der Waals surface area (Å²) >= 11 is 7.15. The van der Waals surface area contributed by atoms with Crippen molar-refractivity contribution in [3.63, 3.8) is 0 Å². The van der Waals surface area contributed by atoms with Gasteiger partial charge in [0.1, 0.15) is 0 Å². The third-order valence-corrected chi connectivity index (χ3v) is 4.48. The number of hydrogen-bond donors (Lipinski definition) is 2. The predicted molar refractivity (Wildman–Crippen MR) is 71.9 cm³/mol. The molecule has 1 atom stereocenters. The lowest BCUT2D eigenvalue weighted by Crippen LogP contribution is -2.42. The molecule has 0 aliphatic carbocycles. The van der Waals surface area contributed by atoms with Crippen LogP contribution in [-0.4, -0.2) is 25.0 Å². The van der Waals surface area contributed by atoms with Crippen LogP contribution in [0.2, 0.25) is 4.34 Å². The molecule has 1 saturated heterocycles. The van der Waals surface area contributed by atoms with Crippen LogP contribution in [0, 0.1) is 5.92 Å². The van der Waals surface area contributed by atoms with E-state index in [1.54, 1.807) is 12.1 Å². The van der Waals surface area contributed by atoms with Crippen LogP contribution < -0.4 is 10.6 Å². The lowest BCUT2D eigenvalue weighted by atomic mass is 9.91. The smallest absolute Gasteiger partial charge is 0.261 e. The van der Waals surface area contributed by atoms with Crippen molar-refractivity contribution in [2.24, 2.45) is 5.92 Å². The summed E-state index contributed by atoms with van der Waals surface area (Å²) in [6.45, 7) is 4.19. The normalized spacial score (nSPS) is 18.9. The van der Waals surface area contributed by atoms with Crippen molar-refractivity contribution in [2.75, 3.05) is 13.1 Å². The molecule has 2 rings (SSSR count). The number of halogens is 1. The summed E-state index contributed by atoms with van der Waals surface area (Å²) in [6.07, 6.45) is 2.26. The molecule has 2 heterocycles. The molecular formula is C12H17ClN2OS. The first kappa shape index (κ1) is 12.9. The Morgan fingerprint density at radius 1 is 1.53 bits per heavy atom. The first-order chi connectivity index (χ1) is 8.16. The number of nitrogens with one attached hydrogen (secondary N) is 2. The van der Waals surface area contributed by atoms with Crippen molar-refractivity contribution in [2.45, 2.75) is 25.8 Å². The number of carbonyl (C=O) groups is 1. The van der Waals surface area contributed by atoms with Gasteiger partial charge in [0.25, 0.3) is 5.91 Å². The molecule has 1 amide bonds. The lowest BCUT2D eigenvalue weighted by molar-refractivity contribution is 0.0925. The fourth-order valence-corrected chi connectivity index (χ4v) is 3.12. The molecule has 0 bridgehead atoms. The SMILES string of the molecule is CC(NC(=O)c1ccc(Cl)s1)C1CCNCC1. The maximum Gasteiger partial charge on any atom is 0.261 e. The molecule has 94 valence electrons. The number of carbonyl (C=O) groups excluding carboxylic acids is 1. The van der Waals surface area contributed by atoms with Crippen LogP contribution in [0.4, 0.5) is 0 Å². The van der Waals surface area contributed by atoms with Crippen molar-refractivity contribution in [3.8, 4) is 0 Å². The molecule has 0 aromatic carbocycles. The Labute approximate surface area is 111 Å². The topological polar surface area (TPSA) is 41.1 Å². The Morgan fingerprint density at radius 2 is 2.24 bits per heavy atom. The van der Waals surface area contributed by atoms with E-state index in [1.807, 2.05) is 0 Å². The first-order valence-electron chi connectivity index (χ1n) is 5.94. The van der Waals surface area contributed by atoms with Gasteiger partial charge in [-0.3, -0.25) is 4.79 Å². The van der Waals surface area contributed by atoms with Crippen molar-refractivity contribution < 1.29 is 4.79 Å². The highest BCUT2D eigenvalue weighted by atomic mass is 35.5. The second kappa shape index (κ2) is 5.85. The number of amides is 1. The summed E-state index contributed by atoms with van der Waals surface area (Å²) in [4.78, 5) is 12.6. The molecule has 1 aliphatic heterocycles. The fourth-order valence-electron chi connectivity index (χ4n) is 2.18. The molecule has 5 heteroatoms. The summed E-state index contributed by atoms with van der Waals surface area (Å²) in [5, 5.41) is 6.39. The van der Waals surface area contributed by atoms with E-state index in [0.717, 1.165) is 25.9 Å². The van der Waals surface area contributed by atoms with Crippen molar-refractivity contribution in [1.82, 2.24) is 10.6 Å². The maximum absolute atomic E-state index is 11.9. The monoisotopic (exact) mass is 272 g/mol. The highest BCUT2D eigenvalue weighted by Gasteiger charge is 2.22. The average Bonchev–Trinajstić information content (AvgIpc) is 2.77. The van der Waals surface area contributed by atoms with Crippen molar-refractivity contribution >= 4 is 28.8 Å². The highest BCUT2D eigenvalue weighted by Crippen LogP contribution is 2.22. The Hall–Kier alpha value is -0.580. The van der Waals surface area contributed by atoms with Crippen LogP contribution in [-0.2, 0) is 0 Å².